The van der Waals surface area contributed by atoms with Gasteiger partial charge in [-0.1, -0.05) is 41.7 Å². The second-order valence-electron chi connectivity index (χ2n) is 9.09. The average molecular weight is 582 g/mol. The number of benzene rings is 3. The molecule has 9 nitrogen and oxygen atoms in total. The van der Waals surface area contributed by atoms with E-state index in [9.17, 15) is 9.18 Å². The Labute approximate surface area is 243 Å². The maximum absolute atomic E-state index is 14.6. The molecule has 0 amide bonds. The van der Waals surface area contributed by atoms with Gasteiger partial charge in [0.05, 0.1) is 31.5 Å². The van der Waals surface area contributed by atoms with Gasteiger partial charge in [0.15, 0.2) is 28.9 Å². The molecule has 0 aliphatic heterocycles. The van der Waals surface area contributed by atoms with Crippen molar-refractivity contribution >= 4 is 34.5 Å². The lowest BCUT2D eigenvalue weighted by molar-refractivity contribution is 0.355. The number of hydrogen-bond donors (Lipinski definition) is 0. The third-order valence-corrected chi connectivity index (χ3v) is 7.46. The Hall–Kier alpha value is -5.29. The van der Waals surface area contributed by atoms with Gasteiger partial charge in [0.25, 0.3) is 5.56 Å². The lowest BCUT2D eigenvalue weighted by Gasteiger charge is -2.07. The summed E-state index contributed by atoms with van der Waals surface area (Å²) >= 11 is 1.21. The zero-order chi connectivity index (χ0) is 29.2. The molecule has 0 fully saturated rings. The van der Waals surface area contributed by atoms with Gasteiger partial charge in [0, 0.05) is 17.3 Å². The average Bonchev–Trinajstić information content (AvgIpc) is 3.70. The molecule has 0 N–H and O–H groups in total. The molecule has 11 heteroatoms. The van der Waals surface area contributed by atoms with Crippen LogP contribution in [0.3, 0.4) is 0 Å². The quantitative estimate of drug-likeness (QED) is 0.253. The number of hydrogen-bond acceptors (Lipinski definition) is 8. The van der Waals surface area contributed by atoms with Gasteiger partial charge in [0.1, 0.15) is 5.69 Å². The van der Waals surface area contributed by atoms with Crippen LogP contribution in [0.1, 0.15) is 17.0 Å². The van der Waals surface area contributed by atoms with Gasteiger partial charge in [-0.25, -0.2) is 9.07 Å². The highest BCUT2D eigenvalue weighted by atomic mass is 32.1. The van der Waals surface area contributed by atoms with Crippen LogP contribution in [0.4, 0.5) is 4.39 Å². The third-order valence-electron chi connectivity index (χ3n) is 6.51. The number of aromatic nitrogens is 5. The van der Waals surface area contributed by atoms with Crippen molar-refractivity contribution in [1.82, 2.24) is 24.4 Å². The van der Waals surface area contributed by atoms with E-state index in [-0.39, 0.29) is 11.3 Å². The van der Waals surface area contributed by atoms with Gasteiger partial charge in [-0.2, -0.15) is 14.6 Å². The topological polar surface area (TPSA) is 92.8 Å². The number of para-hydroxylation sites is 1. The van der Waals surface area contributed by atoms with E-state index >= 15 is 0 Å². The normalized spacial score (nSPS) is 12.0. The molecular weight excluding hydrogens is 557 g/mol. The summed E-state index contributed by atoms with van der Waals surface area (Å²) in [5.41, 5.74) is 3.07. The van der Waals surface area contributed by atoms with E-state index in [2.05, 4.69) is 10.1 Å². The Bertz CT molecular complexity index is 2050. The molecule has 6 aromatic rings. The van der Waals surface area contributed by atoms with Gasteiger partial charge in [-0.05, 0) is 60.2 Å². The highest BCUT2D eigenvalue weighted by Gasteiger charge is 2.16. The molecule has 3 aromatic carbocycles. The van der Waals surface area contributed by atoms with Crippen molar-refractivity contribution < 1.29 is 18.6 Å². The highest BCUT2D eigenvalue weighted by molar-refractivity contribution is 7.15. The first kappa shape index (κ1) is 26.9. The van der Waals surface area contributed by atoms with Crippen LogP contribution in [0.15, 0.2) is 77.7 Å². The van der Waals surface area contributed by atoms with Crippen LogP contribution >= 0.6 is 11.3 Å². The molecule has 0 saturated carbocycles. The predicted molar refractivity (Wildman–Crippen MR) is 160 cm³/mol. The summed E-state index contributed by atoms with van der Waals surface area (Å²) in [5, 5.41) is 9.11. The first-order valence-electron chi connectivity index (χ1n) is 12.8. The first-order chi connectivity index (χ1) is 20.5. The van der Waals surface area contributed by atoms with Crippen LogP contribution in [0.25, 0.3) is 40.1 Å². The second-order valence-corrected chi connectivity index (χ2v) is 10.1. The molecule has 3 heterocycles. The number of methoxy groups -OCH3 is 3. The fourth-order valence-corrected chi connectivity index (χ4v) is 5.34. The molecule has 0 aliphatic rings. The van der Waals surface area contributed by atoms with E-state index in [4.69, 9.17) is 19.3 Å². The van der Waals surface area contributed by atoms with E-state index in [1.165, 1.54) is 29.0 Å². The van der Waals surface area contributed by atoms with Gasteiger partial charge < -0.3 is 14.2 Å². The molecule has 0 aliphatic carbocycles. The molecule has 0 unspecified atom stereocenters. The summed E-state index contributed by atoms with van der Waals surface area (Å²) in [6, 6.07) is 19.7. The fourth-order valence-electron chi connectivity index (χ4n) is 4.43. The summed E-state index contributed by atoms with van der Waals surface area (Å²) in [4.78, 5) is 18.3. The molecule has 0 atom stereocenters. The van der Waals surface area contributed by atoms with Crippen molar-refractivity contribution in [2.45, 2.75) is 0 Å². The zero-order valence-electron chi connectivity index (χ0n) is 22.8. The van der Waals surface area contributed by atoms with E-state index in [1.54, 1.807) is 49.4 Å². The lowest BCUT2D eigenvalue weighted by Crippen LogP contribution is -2.23. The maximum Gasteiger partial charge on any atom is 0.291 e. The summed E-state index contributed by atoms with van der Waals surface area (Å²) in [5.74, 6) is 1.26. The van der Waals surface area contributed by atoms with Gasteiger partial charge >= 0.3 is 0 Å². The molecule has 0 saturated heterocycles. The standard InChI is InChI=1S/C31H24FN5O4S/c1-39-24-13-11-20(16-23(24)32)29-21(18-36(35-29)22-7-5-4-6-8-22)17-27-30(38)37-31(42-27)33-28(34-37)14-10-19-9-12-25(40-2)26(15-19)41-3/h4-18H,1-3H3/b14-10+,27-17-. The minimum Gasteiger partial charge on any atom is -0.494 e. The molecule has 0 radical (unpaired) electrons. The van der Waals surface area contributed by atoms with Crippen molar-refractivity contribution in [3.63, 3.8) is 0 Å². The molecular formula is C31H24FN5O4S. The van der Waals surface area contributed by atoms with Crippen LogP contribution < -0.4 is 24.3 Å². The van der Waals surface area contributed by atoms with Crippen LogP contribution in [0.2, 0.25) is 0 Å². The highest BCUT2D eigenvalue weighted by Crippen LogP contribution is 2.29. The Morgan fingerprint density at radius 3 is 2.33 bits per heavy atom. The number of ether oxygens (including phenoxy) is 3. The Morgan fingerprint density at radius 1 is 0.857 bits per heavy atom. The molecule has 0 bridgehead atoms. The van der Waals surface area contributed by atoms with Gasteiger partial charge in [0.2, 0.25) is 4.96 Å². The largest absolute Gasteiger partial charge is 0.494 e. The number of thiazole rings is 1. The Kier molecular flexibility index (Phi) is 7.24. The van der Waals surface area contributed by atoms with Gasteiger partial charge in [-0.3, -0.25) is 4.79 Å². The van der Waals surface area contributed by atoms with Crippen LogP contribution in [-0.2, 0) is 0 Å². The van der Waals surface area contributed by atoms with E-state index < -0.39 is 5.82 Å². The number of halogens is 1. The maximum atomic E-state index is 14.6. The molecule has 0 spiro atoms. The molecule has 6 rings (SSSR count). The van der Waals surface area contributed by atoms with Crippen LogP contribution in [-0.4, -0.2) is 45.7 Å². The van der Waals surface area contributed by atoms with Crippen molar-refractivity contribution in [2.75, 3.05) is 21.3 Å². The number of rotatable bonds is 8. The minimum atomic E-state index is -0.507. The summed E-state index contributed by atoms with van der Waals surface area (Å²) in [7, 11) is 4.57. The monoisotopic (exact) mass is 581 g/mol. The van der Waals surface area contributed by atoms with Crippen molar-refractivity contribution in [1.29, 1.82) is 0 Å². The van der Waals surface area contributed by atoms with E-state index in [0.29, 0.717) is 43.6 Å². The number of nitrogens with zero attached hydrogens (tertiary/aromatic N) is 5. The Morgan fingerprint density at radius 2 is 1.62 bits per heavy atom. The Balaban J connectivity index is 1.38. The smallest absolute Gasteiger partial charge is 0.291 e. The predicted octanol–water partition coefficient (Wildman–Crippen LogP) is 4.89. The lowest BCUT2D eigenvalue weighted by atomic mass is 10.1. The van der Waals surface area contributed by atoms with E-state index in [0.717, 1.165) is 11.3 Å². The fraction of sp³-hybridized carbons (Fsp3) is 0.0968. The molecule has 42 heavy (non-hydrogen) atoms. The van der Waals surface area contributed by atoms with Crippen LogP contribution in [0, 0.1) is 5.82 Å². The molecule has 3 aromatic heterocycles. The zero-order valence-corrected chi connectivity index (χ0v) is 23.6. The summed E-state index contributed by atoms with van der Waals surface area (Å²) in [6.45, 7) is 0. The van der Waals surface area contributed by atoms with Crippen LogP contribution in [0.5, 0.6) is 17.2 Å². The van der Waals surface area contributed by atoms with Crippen molar-refractivity contribution in [3.05, 3.63) is 111 Å². The number of fused-ring (bicyclic) bond motifs is 1. The van der Waals surface area contributed by atoms with Gasteiger partial charge in [-0.15, -0.1) is 5.10 Å². The van der Waals surface area contributed by atoms with Crippen molar-refractivity contribution in [3.8, 4) is 34.2 Å². The van der Waals surface area contributed by atoms with Crippen molar-refractivity contribution in [2.24, 2.45) is 0 Å². The third kappa shape index (κ3) is 5.13. The van der Waals surface area contributed by atoms with E-state index in [1.807, 2.05) is 54.6 Å². The summed E-state index contributed by atoms with van der Waals surface area (Å²) in [6.07, 6.45) is 7.09. The summed E-state index contributed by atoms with van der Waals surface area (Å²) < 4.78 is 33.7. The second kappa shape index (κ2) is 11.3. The minimum absolute atomic E-state index is 0.134. The SMILES string of the molecule is COc1ccc(-c2nn(-c3ccccc3)cc2/C=c2\sc3nc(/C=C/c4ccc(OC)c(OC)c4)nn3c2=O)cc1F. The first-order valence-corrected chi connectivity index (χ1v) is 13.6. The molecule has 210 valence electrons.